The van der Waals surface area contributed by atoms with E-state index in [0.717, 1.165) is 6.42 Å². The van der Waals surface area contributed by atoms with E-state index in [1.165, 1.54) is 0 Å². The highest BCUT2D eigenvalue weighted by atomic mass is 16.7. The largest absolute Gasteiger partial charge is 0.351 e. The van der Waals surface area contributed by atoms with E-state index in [1.54, 1.807) is 0 Å². The van der Waals surface area contributed by atoms with E-state index in [0.29, 0.717) is 19.8 Å². The first kappa shape index (κ1) is 10.5. The summed E-state index contributed by atoms with van der Waals surface area (Å²) >= 11 is 0. The minimum Gasteiger partial charge on any atom is -0.351 e. The smallest absolute Gasteiger partial charge is 0.222 e. The number of rotatable bonds is 4. The second-order valence-electron chi connectivity index (χ2n) is 3.23. The molecule has 1 N–H and O–H groups in total. The van der Waals surface area contributed by atoms with Crippen LogP contribution in [-0.2, 0) is 14.3 Å². The predicted molar refractivity (Wildman–Crippen MR) is 48.2 cm³/mol. The molecule has 1 aliphatic heterocycles. The fraction of sp³-hybridized carbons (Fsp3) is 0.889. The Balaban J connectivity index is 2.13. The zero-order valence-corrected chi connectivity index (χ0v) is 8.21. The minimum absolute atomic E-state index is 0.0707. The zero-order valence-electron chi connectivity index (χ0n) is 8.21. The lowest BCUT2D eigenvalue weighted by atomic mass is 10.1. The first-order valence-corrected chi connectivity index (χ1v) is 4.75. The standard InChI is InChI=1S/C9H17NO3/c1-3-7(2)9(11)10-6-8-12-4-5-13-8/h7-8H,3-6H2,1-2H3,(H,10,11). The van der Waals surface area contributed by atoms with Crippen LogP contribution < -0.4 is 5.32 Å². The summed E-state index contributed by atoms with van der Waals surface area (Å²) in [5, 5.41) is 2.79. The average molecular weight is 187 g/mol. The van der Waals surface area contributed by atoms with Crippen molar-refractivity contribution in [2.24, 2.45) is 5.92 Å². The maximum absolute atomic E-state index is 11.3. The second kappa shape index (κ2) is 5.19. The fourth-order valence-electron chi connectivity index (χ4n) is 1.07. The number of amides is 1. The predicted octanol–water partition coefficient (Wildman–Crippen LogP) is 0.522. The molecule has 0 saturated carbocycles. The van der Waals surface area contributed by atoms with Crippen LogP contribution >= 0.6 is 0 Å². The second-order valence-corrected chi connectivity index (χ2v) is 3.23. The molecule has 1 saturated heterocycles. The highest BCUT2D eigenvalue weighted by Gasteiger charge is 2.17. The molecule has 1 unspecified atom stereocenters. The highest BCUT2D eigenvalue weighted by Crippen LogP contribution is 2.03. The van der Waals surface area contributed by atoms with Crippen molar-refractivity contribution in [3.8, 4) is 0 Å². The van der Waals surface area contributed by atoms with Gasteiger partial charge >= 0.3 is 0 Å². The molecule has 0 aromatic heterocycles. The van der Waals surface area contributed by atoms with Gasteiger partial charge in [0.15, 0.2) is 6.29 Å². The number of hydrogen-bond donors (Lipinski definition) is 1. The van der Waals surface area contributed by atoms with Crippen molar-refractivity contribution >= 4 is 5.91 Å². The number of ether oxygens (including phenoxy) is 2. The summed E-state index contributed by atoms with van der Waals surface area (Å²) in [6.45, 7) is 5.62. The molecule has 0 aromatic rings. The lowest BCUT2D eigenvalue weighted by Crippen LogP contribution is -2.35. The molecule has 0 aromatic carbocycles. The van der Waals surface area contributed by atoms with Crippen LogP contribution in [-0.4, -0.2) is 32.0 Å². The molecular formula is C9H17NO3. The van der Waals surface area contributed by atoms with Crippen LogP contribution in [0.5, 0.6) is 0 Å². The van der Waals surface area contributed by atoms with Crippen molar-refractivity contribution in [2.45, 2.75) is 26.6 Å². The molecule has 0 radical (unpaired) electrons. The van der Waals surface area contributed by atoms with Crippen molar-refractivity contribution < 1.29 is 14.3 Å². The van der Waals surface area contributed by atoms with Crippen LogP contribution in [0.1, 0.15) is 20.3 Å². The Morgan fingerprint density at radius 2 is 2.15 bits per heavy atom. The number of carbonyl (C=O) groups is 1. The molecule has 13 heavy (non-hydrogen) atoms. The Bertz CT molecular complexity index is 166. The van der Waals surface area contributed by atoms with E-state index in [4.69, 9.17) is 9.47 Å². The Kier molecular flexibility index (Phi) is 4.18. The Morgan fingerprint density at radius 3 is 2.69 bits per heavy atom. The molecule has 76 valence electrons. The van der Waals surface area contributed by atoms with Gasteiger partial charge in [-0.3, -0.25) is 4.79 Å². The SMILES string of the molecule is CCC(C)C(=O)NCC1OCCO1. The van der Waals surface area contributed by atoms with Gasteiger partial charge in [-0.1, -0.05) is 13.8 Å². The monoisotopic (exact) mass is 187 g/mol. The van der Waals surface area contributed by atoms with Gasteiger partial charge in [-0.25, -0.2) is 0 Å². The molecular weight excluding hydrogens is 170 g/mol. The van der Waals surface area contributed by atoms with Crippen molar-refractivity contribution in [3.63, 3.8) is 0 Å². The quantitative estimate of drug-likeness (QED) is 0.698. The van der Waals surface area contributed by atoms with Gasteiger partial charge < -0.3 is 14.8 Å². The summed E-state index contributed by atoms with van der Waals surface area (Å²) in [4.78, 5) is 11.3. The van der Waals surface area contributed by atoms with Crippen LogP contribution in [0.3, 0.4) is 0 Å². The Hall–Kier alpha value is -0.610. The molecule has 4 nitrogen and oxygen atoms in total. The third-order valence-corrected chi connectivity index (χ3v) is 2.19. The van der Waals surface area contributed by atoms with Crippen molar-refractivity contribution in [3.05, 3.63) is 0 Å². The molecule has 1 amide bonds. The molecule has 0 aliphatic carbocycles. The van der Waals surface area contributed by atoms with Crippen LogP contribution in [0, 0.1) is 5.92 Å². The molecule has 1 atom stereocenters. The number of nitrogens with one attached hydrogen (secondary N) is 1. The van der Waals surface area contributed by atoms with Gasteiger partial charge in [-0.15, -0.1) is 0 Å². The van der Waals surface area contributed by atoms with Gasteiger partial charge in [0, 0.05) is 5.92 Å². The van der Waals surface area contributed by atoms with Crippen LogP contribution in [0.25, 0.3) is 0 Å². The minimum atomic E-state index is -0.243. The normalized spacial score (nSPS) is 20.2. The third kappa shape index (κ3) is 3.32. The van der Waals surface area contributed by atoms with E-state index in [-0.39, 0.29) is 18.1 Å². The molecule has 1 heterocycles. The van der Waals surface area contributed by atoms with Gasteiger partial charge in [-0.05, 0) is 6.42 Å². The average Bonchev–Trinajstić information content (AvgIpc) is 2.65. The van der Waals surface area contributed by atoms with Crippen LogP contribution in [0.4, 0.5) is 0 Å². The van der Waals surface area contributed by atoms with Gasteiger partial charge in [-0.2, -0.15) is 0 Å². The molecule has 1 aliphatic rings. The summed E-state index contributed by atoms with van der Waals surface area (Å²) < 4.78 is 10.4. The number of hydrogen-bond acceptors (Lipinski definition) is 3. The summed E-state index contributed by atoms with van der Waals surface area (Å²) in [7, 11) is 0. The maximum Gasteiger partial charge on any atom is 0.222 e. The lowest BCUT2D eigenvalue weighted by molar-refractivity contribution is -0.126. The van der Waals surface area contributed by atoms with Gasteiger partial charge in [0.05, 0.1) is 19.8 Å². The van der Waals surface area contributed by atoms with Crippen LogP contribution in [0.2, 0.25) is 0 Å². The lowest BCUT2D eigenvalue weighted by Gasteiger charge is -2.12. The van der Waals surface area contributed by atoms with Crippen molar-refractivity contribution in [1.82, 2.24) is 5.32 Å². The summed E-state index contributed by atoms with van der Waals surface area (Å²) in [5.41, 5.74) is 0. The van der Waals surface area contributed by atoms with E-state index in [2.05, 4.69) is 5.32 Å². The van der Waals surface area contributed by atoms with Gasteiger partial charge in [0.2, 0.25) is 5.91 Å². The molecule has 4 heteroatoms. The highest BCUT2D eigenvalue weighted by molar-refractivity contribution is 5.78. The van der Waals surface area contributed by atoms with E-state index in [9.17, 15) is 4.79 Å². The van der Waals surface area contributed by atoms with Gasteiger partial charge in [0.1, 0.15) is 0 Å². The van der Waals surface area contributed by atoms with Crippen molar-refractivity contribution in [1.29, 1.82) is 0 Å². The first-order valence-electron chi connectivity index (χ1n) is 4.75. The summed E-state index contributed by atoms with van der Waals surface area (Å²) in [5.74, 6) is 0.142. The maximum atomic E-state index is 11.3. The summed E-state index contributed by atoms with van der Waals surface area (Å²) in [6.07, 6.45) is 0.617. The topological polar surface area (TPSA) is 47.6 Å². The fourth-order valence-corrected chi connectivity index (χ4v) is 1.07. The van der Waals surface area contributed by atoms with Gasteiger partial charge in [0.25, 0.3) is 0 Å². The Labute approximate surface area is 78.6 Å². The van der Waals surface area contributed by atoms with E-state index >= 15 is 0 Å². The first-order chi connectivity index (χ1) is 6.24. The van der Waals surface area contributed by atoms with E-state index < -0.39 is 0 Å². The Morgan fingerprint density at radius 1 is 1.54 bits per heavy atom. The zero-order chi connectivity index (χ0) is 9.68. The molecule has 1 rings (SSSR count). The van der Waals surface area contributed by atoms with E-state index in [1.807, 2.05) is 13.8 Å². The molecule has 0 bridgehead atoms. The number of carbonyl (C=O) groups excluding carboxylic acids is 1. The molecule has 1 fully saturated rings. The summed E-state index contributed by atoms with van der Waals surface area (Å²) in [6, 6.07) is 0. The van der Waals surface area contributed by atoms with Crippen LogP contribution in [0.15, 0.2) is 0 Å². The van der Waals surface area contributed by atoms with Crippen molar-refractivity contribution in [2.75, 3.05) is 19.8 Å². The third-order valence-electron chi connectivity index (χ3n) is 2.19. The molecule has 0 spiro atoms.